The molecular weight excluding hydrogens is 359 g/mol. The van der Waals surface area contributed by atoms with Gasteiger partial charge >= 0.3 is 5.97 Å². The van der Waals surface area contributed by atoms with Gasteiger partial charge in [-0.15, -0.1) is 11.3 Å². The largest absolute Gasteiger partial charge is 0.455 e. The zero-order valence-electron chi connectivity index (χ0n) is 13.8. The fraction of sp³-hybridized carbons (Fsp3) is 0.278. The maximum atomic E-state index is 13.1. The third-order valence-electron chi connectivity index (χ3n) is 4.02. The summed E-state index contributed by atoms with van der Waals surface area (Å²) in [5, 5.41) is 2.99. The number of rotatable bonds is 6. The van der Waals surface area contributed by atoms with E-state index in [1.807, 2.05) is 0 Å². The first-order valence-electron chi connectivity index (χ1n) is 8.08. The molecule has 136 valence electrons. The van der Waals surface area contributed by atoms with Crippen molar-refractivity contribution in [3.05, 3.63) is 51.7 Å². The van der Waals surface area contributed by atoms with Crippen LogP contribution in [0.2, 0.25) is 0 Å². The summed E-state index contributed by atoms with van der Waals surface area (Å²) in [5.74, 6) is -2.23. The van der Waals surface area contributed by atoms with Gasteiger partial charge in [-0.05, 0) is 42.5 Å². The molecule has 0 radical (unpaired) electrons. The van der Waals surface area contributed by atoms with Crippen LogP contribution in [0.25, 0.3) is 0 Å². The molecule has 2 amide bonds. The van der Waals surface area contributed by atoms with Crippen LogP contribution >= 0.6 is 11.3 Å². The third-order valence-corrected chi connectivity index (χ3v) is 5.23. The molecule has 0 saturated carbocycles. The van der Waals surface area contributed by atoms with E-state index in [2.05, 4.69) is 5.32 Å². The molecular formula is C18H17FN2O4S. The molecule has 6 nitrogen and oxygen atoms in total. The second-order valence-corrected chi connectivity index (χ2v) is 7.05. The van der Waals surface area contributed by atoms with Crippen LogP contribution in [-0.4, -0.2) is 24.4 Å². The number of carbonyl (C=O) groups is 3. The van der Waals surface area contributed by atoms with Gasteiger partial charge in [-0.3, -0.25) is 14.4 Å². The van der Waals surface area contributed by atoms with E-state index in [1.54, 1.807) is 6.07 Å². The number of benzene rings is 1. The number of primary amides is 1. The van der Waals surface area contributed by atoms with Crippen molar-refractivity contribution in [1.29, 1.82) is 0 Å². The molecule has 0 bridgehead atoms. The van der Waals surface area contributed by atoms with Crippen molar-refractivity contribution in [2.45, 2.75) is 25.7 Å². The molecule has 26 heavy (non-hydrogen) atoms. The Balaban J connectivity index is 1.56. The van der Waals surface area contributed by atoms with Gasteiger partial charge in [0.1, 0.15) is 10.8 Å². The summed E-state index contributed by atoms with van der Waals surface area (Å²) in [6.45, 7) is -0.491. The predicted octanol–water partition coefficient (Wildman–Crippen LogP) is 2.20. The molecule has 2 aromatic rings. The lowest BCUT2D eigenvalue weighted by Crippen LogP contribution is -2.23. The van der Waals surface area contributed by atoms with Gasteiger partial charge < -0.3 is 15.8 Å². The Morgan fingerprint density at radius 2 is 2.08 bits per heavy atom. The SMILES string of the molecule is NC(=O)c1c(NC(=O)COC(=O)Cc2cccc(F)c2)sc2c1CCC2. The topological polar surface area (TPSA) is 98.5 Å². The van der Waals surface area contributed by atoms with Crippen LogP contribution in [0.5, 0.6) is 0 Å². The molecule has 1 aromatic heterocycles. The van der Waals surface area contributed by atoms with E-state index in [9.17, 15) is 18.8 Å². The number of fused-ring (bicyclic) bond motifs is 1. The van der Waals surface area contributed by atoms with Gasteiger partial charge in [0.05, 0.1) is 12.0 Å². The van der Waals surface area contributed by atoms with Crippen LogP contribution < -0.4 is 11.1 Å². The first kappa shape index (κ1) is 18.1. The first-order chi connectivity index (χ1) is 12.4. The molecule has 1 aromatic carbocycles. The number of esters is 1. The summed E-state index contributed by atoms with van der Waals surface area (Å²) in [5.41, 5.74) is 7.14. The molecule has 0 saturated heterocycles. The minimum Gasteiger partial charge on any atom is -0.455 e. The number of carbonyl (C=O) groups excluding carboxylic acids is 3. The van der Waals surface area contributed by atoms with Crippen molar-refractivity contribution in [3.63, 3.8) is 0 Å². The van der Waals surface area contributed by atoms with Crippen molar-refractivity contribution in [2.24, 2.45) is 5.73 Å². The smallest absolute Gasteiger partial charge is 0.310 e. The van der Waals surface area contributed by atoms with Crippen molar-refractivity contribution in [3.8, 4) is 0 Å². The number of anilines is 1. The molecule has 0 fully saturated rings. The van der Waals surface area contributed by atoms with Crippen LogP contribution in [0.4, 0.5) is 9.39 Å². The van der Waals surface area contributed by atoms with Gasteiger partial charge in [-0.25, -0.2) is 4.39 Å². The van der Waals surface area contributed by atoms with Gasteiger partial charge in [-0.2, -0.15) is 0 Å². The maximum absolute atomic E-state index is 13.1. The molecule has 3 N–H and O–H groups in total. The molecule has 3 rings (SSSR count). The predicted molar refractivity (Wildman–Crippen MR) is 94.6 cm³/mol. The Bertz CT molecular complexity index is 878. The third kappa shape index (κ3) is 4.08. The molecule has 1 aliphatic rings. The Morgan fingerprint density at radius 1 is 1.27 bits per heavy atom. The lowest BCUT2D eigenvalue weighted by atomic mass is 10.1. The zero-order chi connectivity index (χ0) is 18.7. The number of aryl methyl sites for hydroxylation is 1. The van der Waals surface area contributed by atoms with Crippen LogP contribution in [0.3, 0.4) is 0 Å². The number of nitrogens with one attached hydrogen (secondary N) is 1. The Labute approximate surface area is 153 Å². The summed E-state index contributed by atoms with van der Waals surface area (Å²) >= 11 is 1.33. The summed E-state index contributed by atoms with van der Waals surface area (Å²) in [6, 6.07) is 5.59. The monoisotopic (exact) mass is 376 g/mol. The summed E-state index contributed by atoms with van der Waals surface area (Å²) in [6.07, 6.45) is 2.46. The van der Waals surface area contributed by atoms with Crippen molar-refractivity contribution >= 4 is 34.1 Å². The highest BCUT2D eigenvalue weighted by atomic mass is 32.1. The highest BCUT2D eigenvalue weighted by Crippen LogP contribution is 2.38. The molecule has 1 heterocycles. The molecule has 0 aliphatic heterocycles. The lowest BCUT2D eigenvalue weighted by Gasteiger charge is -2.07. The van der Waals surface area contributed by atoms with Crippen LogP contribution in [0, 0.1) is 5.82 Å². The Hall–Kier alpha value is -2.74. The molecule has 0 spiro atoms. The van der Waals surface area contributed by atoms with Crippen molar-refractivity contribution < 1.29 is 23.5 Å². The number of nitrogens with two attached hydrogens (primary N) is 1. The van der Waals surface area contributed by atoms with E-state index in [0.717, 1.165) is 29.7 Å². The average molecular weight is 376 g/mol. The fourth-order valence-corrected chi connectivity index (χ4v) is 4.24. The minimum atomic E-state index is -0.644. The van der Waals surface area contributed by atoms with Gasteiger partial charge in [-0.1, -0.05) is 12.1 Å². The second kappa shape index (κ2) is 7.65. The van der Waals surface area contributed by atoms with E-state index >= 15 is 0 Å². The molecule has 0 atom stereocenters. The van der Waals surface area contributed by atoms with Gasteiger partial charge in [0.25, 0.3) is 11.8 Å². The second-order valence-electron chi connectivity index (χ2n) is 5.94. The highest BCUT2D eigenvalue weighted by molar-refractivity contribution is 7.17. The standard InChI is InChI=1S/C18H17FN2O4S/c19-11-4-1-3-10(7-11)8-15(23)25-9-14(22)21-18-16(17(20)24)12-5-2-6-13(12)26-18/h1,3-4,7H,2,5-6,8-9H2,(H2,20,24)(H,21,22). The number of hydrogen-bond acceptors (Lipinski definition) is 5. The summed E-state index contributed by atoms with van der Waals surface area (Å²) < 4.78 is 18.0. The van der Waals surface area contributed by atoms with Gasteiger partial charge in [0.2, 0.25) is 0 Å². The summed E-state index contributed by atoms with van der Waals surface area (Å²) in [7, 11) is 0. The van der Waals surface area contributed by atoms with Crippen LogP contribution in [-0.2, 0) is 33.6 Å². The Morgan fingerprint density at radius 3 is 2.81 bits per heavy atom. The first-order valence-corrected chi connectivity index (χ1v) is 8.90. The van der Waals surface area contributed by atoms with Gasteiger partial charge in [0.15, 0.2) is 6.61 Å². The van der Waals surface area contributed by atoms with E-state index < -0.39 is 30.2 Å². The Kier molecular flexibility index (Phi) is 5.32. The molecule has 1 aliphatic carbocycles. The van der Waals surface area contributed by atoms with Crippen LogP contribution in [0.15, 0.2) is 24.3 Å². The lowest BCUT2D eigenvalue weighted by molar-refractivity contribution is -0.146. The fourth-order valence-electron chi connectivity index (χ4n) is 2.93. The van der Waals surface area contributed by atoms with E-state index in [4.69, 9.17) is 10.5 Å². The van der Waals surface area contributed by atoms with E-state index in [0.29, 0.717) is 16.1 Å². The van der Waals surface area contributed by atoms with Crippen molar-refractivity contribution in [1.82, 2.24) is 0 Å². The number of thiophene rings is 1. The minimum absolute atomic E-state index is 0.134. The number of hydrogen-bond donors (Lipinski definition) is 2. The average Bonchev–Trinajstić information content (AvgIpc) is 3.13. The maximum Gasteiger partial charge on any atom is 0.310 e. The number of amides is 2. The van der Waals surface area contributed by atoms with Crippen molar-refractivity contribution in [2.75, 3.05) is 11.9 Å². The number of ether oxygens (including phenoxy) is 1. The summed E-state index contributed by atoms with van der Waals surface area (Å²) in [4.78, 5) is 36.5. The van der Waals surface area contributed by atoms with Crippen LogP contribution in [0.1, 0.15) is 32.8 Å². The normalized spacial score (nSPS) is 12.5. The quantitative estimate of drug-likeness (QED) is 0.755. The molecule has 0 unspecified atom stereocenters. The van der Waals surface area contributed by atoms with E-state index in [-0.39, 0.29) is 6.42 Å². The molecule has 8 heteroatoms. The zero-order valence-corrected chi connectivity index (χ0v) is 14.7. The number of halogens is 1. The van der Waals surface area contributed by atoms with E-state index in [1.165, 1.54) is 29.5 Å². The van der Waals surface area contributed by atoms with Gasteiger partial charge in [0, 0.05) is 4.88 Å². The highest BCUT2D eigenvalue weighted by Gasteiger charge is 2.26.